The molecule has 0 spiro atoms. The fourth-order valence-electron chi connectivity index (χ4n) is 2.83. The third kappa shape index (κ3) is 4.20. The number of hydrogen-bond acceptors (Lipinski definition) is 3. The zero-order chi connectivity index (χ0) is 21.3. The van der Waals surface area contributed by atoms with Crippen LogP contribution in [0.1, 0.15) is 16.2 Å². The predicted octanol–water partition coefficient (Wildman–Crippen LogP) is 5.94. The highest BCUT2D eigenvalue weighted by Gasteiger charge is 2.20. The predicted molar refractivity (Wildman–Crippen MR) is 116 cm³/mol. The third-order valence-electron chi connectivity index (χ3n) is 4.37. The Kier molecular flexibility index (Phi) is 5.53. The van der Waals surface area contributed by atoms with E-state index in [0.717, 1.165) is 11.1 Å². The highest BCUT2D eigenvalue weighted by Crippen LogP contribution is 2.26. The molecule has 1 N–H and O–H groups in total. The standard InChI is InChI=1S/C22H15Cl2FN4O/c1-13-2-4-14(5-3-13)21-27-20(28-29(21)17-9-7-16(25)8-10-17)22(30)26-19-11-6-15(23)12-18(19)24/h2-12H,1H3,(H,26,30). The Bertz CT molecular complexity index is 1160. The summed E-state index contributed by atoms with van der Waals surface area (Å²) in [6, 6.07) is 18.2. The highest BCUT2D eigenvalue weighted by molar-refractivity contribution is 6.36. The topological polar surface area (TPSA) is 59.8 Å². The van der Waals surface area contributed by atoms with Crippen molar-refractivity contribution >= 4 is 34.8 Å². The van der Waals surface area contributed by atoms with Gasteiger partial charge in [-0.3, -0.25) is 4.79 Å². The summed E-state index contributed by atoms with van der Waals surface area (Å²) in [4.78, 5) is 17.2. The molecule has 0 aliphatic carbocycles. The molecule has 8 heteroatoms. The van der Waals surface area contributed by atoms with Crippen LogP contribution in [0.4, 0.5) is 10.1 Å². The molecule has 3 aromatic carbocycles. The molecule has 30 heavy (non-hydrogen) atoms. The van der Waals surface area contributed by atoms with Crippen LogP contribution in [0, 0.1) is 12.7 Å². The number of aromatic nitrogens is 3. The molecule has 0 aliphatic rings. The van der Waals surface area contributed by atoms with Gasteiger partial charge in [0, 0.05) is 10.6 Å². The second-order valence-electron chi connectivity index (χ2n) is 6.59. The summed E-state index contributed by atoms with van der Waals surface area (Å²) in [7, 11) is 0. The van der Waals surface area contributed by atoms with E-state index in [9.17, 15) is 9.18 Å². The second kappa shape index (κ2) is 8.26. The van der Waals surface area contributed by atoms with Crippen molar-refractivity contribution in [3.63, 3.8) is 0 Å². The number of carbonyl (C=O) groups is 1. The molecule has 0 bridgehead atoms. The summed E-state index contributed by atoms with van der Waals surface area (Å²) < 4.78 is 14.9. The molecule has 5 nitrogen and oxygen atoms in total. The van der Waals surface area contributed by atoms with E-state index in [1.54, 1.807) is 24.3 Å². The van der Waals surface area contributed by atoms with Gasteiger partial charge in [-0.15, -0.1) is 5.10 Å². The summed E-state index contributed by atoms with van der Waals surface area (Å²) in [6.07, 6.45) is 0. The van der Waals surface area contributed by atoms with Gasteiger partial charge in [0.05, 0.1) is 16.4 Å². The van der Waals surface area contributed by atoms with E-state index >= 15 is 0 Å². The number of hydrogen-bond donors (Lipinski definition) is 1. The van der Waals surface area contributed by atoms with Crippen LogP contribution >= 0.6 is 23.2 Å². The number of rotatable bonds is 4. The van der Waals surface area contributed by atoms with Gasteiger partial charge in [0.25, 0.3) is 5.91 Å². The molecule has 1 heterocycles. The van der Waals surface area contributed by atoms with Crippen molar-refractivity contribution in [1.82, 2.24) is 14.8 Å². The molecule has 0 atom stereocenters. The molecular formula is C22H15Cl2FN4O. The summed E-state index contributed by atoms with van der Waals surface area (Å²) >= 11 is 12.0. The van der Waals surface area contributed by atoms with Crippen LogP contribution in [0.15, 0.2) is 66.7 Å². The molecule has 4 aromatic rings. The van der Waals surface area contributed by atoms with Crippen LogP contribution in [0.2, 0.25) is 10.0 Å². The van der Waals surface area contributed by atoms with Crippen LogP contribution in [-0.2, 0) is 0 Å². The minimum Gasteiger partial charge on any atom is -0.318 e. The van der Waals surface area contributed by atoms with Gasteiger partial charge < -0.3 is 5.32 Å². The maximum absolute atomic E-state index is 13.4. The average Bonchev–Trinajstić information content (AvgIpc) is 3.17. The quantitative estimate of drug-likeness (QED) is 0.426. The minimum atomic E-state index is -0.534. The van der Waals surface area contributed by atoms with Crippen LogP contribution in [-0.4, -0.2) is 20.7 Å². The first-order chi connectivity index (χ1) is 14.4. The summed E-state index contributed by atoms with van der Waals surface area (Å²) in [6.45, 7) is 1.98. The van der Waals surface area contributed by atoms with E-state index in [1.165, 1.54) is 22.9 Å². The maximum Gasteiger partial charge on any atom is 0.295 e. The average molecular weight is 441 g/mol. The lowest BCUT2D eigenvalue weighted by Gasteiger charge is -2.06. The van der Waals surface area contributed by atoms with Gasteiger partial charge in [0.15, 0.2) is 5.82 Å². The summed E-state index contributed by atoms with van der Waals surface area (Å²) in [5, 5.41) is 7.80. The highest BCUT2D eigenvalue weighted by atomic mass is 35.5. The van der Waals surface area contributed by atoms with E-state index in [2.05, 4.69) is 15.4 Å². The number of anilines is 1. The van der Waals surface area contributed by atoms with E-state index in [1.807, 2.05) is 31.2 Å². The fourth-order valence-corrected chi connectivity index (χ4v) is 3.28. The first kappa shape index (κ1) is 20.1. The van der Waals surface area contributed by atoms with Gasteiger partial charge in [-0.2, -0.15) is 0 Å². The van der Waals surface area contributed by atoms with Gasteiger partial charge in [-0.1, -0.05) is 53.0 Å². The van der Waals surface area contributed by atoms with Gasteiger partial charge in [0.2, 0.25) is 5.82 Å². The molecule has 150 valence electrons. The van der Waals surface area contributed by atoms with Crippen molar-refractivity contribution in [2.45, 2.75) is 6.92 Å². The molecular weight excluding hydrogens is 426 g/mol. The van der Waals surface area contributed by atoms with Crippen LogP contribution < -0.4 is 5.32 Å². The maximum atomic E-state index is 13.4. The first-order valence-corrected chi connectivity index (χ1v) is 9.73. The lowest BCUT2D eigenvalue weighted by molar-refractivity contribution is 0.101. The minimum absolute atomic E-state index is 0.0547. The normalized spacial score (nSPS) is 10.8. The van der Waals surface area contributed by atoms with Gasteiger partial charge in [0.1, 0.15) is 5.82 Å². The Balaban J connectivity index is 1.75. The Morgan fingerprint density at radius 3 is 2.37 bits per heavy atom. The van der Waals surface area contributed by atoms with Gasteiger partial charge in [-0.25, -0.2) is 14.1 Å². The van der Waals surface area contributed by atoms with Crippen LogP contribution in [0.25, 0.3) is 17.1 Å². The molecule has 1 amide bonds. The van der Waals surface area contributed by atoms with E-state index in [0.29, 0.717) is 27.2 Å². The number of halogens is 3. The Labute approximate surface area is 182 Å². The molecule has 0 radical (unpaired) electrons. The van der Waals surface area contributed by atoms with E-state index < -0.39 is 5.91 Å². The lowest BCUT2D eigenvalue weighted by atomic mass is 10.1. The zero-order valence-electron chi connectivity index (χ0n) is 15.7. The molecule has 0 saturated heterocycles. The molecule has 0 fully saturated rings. The monoisotopic (exact) mass is 440 g/mol. The number of amides is 1. The van der Waals surface area contributed by atoms with Crippen molar-refractivity contribution < 1.29 is 9.18 Å². The lowest BCUT2D eigenvalue weighted by Crippen LogP contribution is -2.14. The molecule has 0 aliphatic heterocycles. The number of carbonyl (C=O) groups excluding carboxylic acids is 1. The fraction of sp³-hybridized carbons (Fsp3) is 0.0455. The number of nitrogens with one attached hydrogen (secondary N) is 1. The Morgan fingerprint density at radius 1 is 1.00 bits per heavy atom. The van der Waals surface area contributed by atoms with E-state index in [-0.39, 0.29) is 11.6 Å². The molecule has 0 unspecified atom stereocenters. The van der Waals surface area contributed by atoms with Crippen LogP contribution in [0.3, 0.4) is 0 Å². The number of nitrogens with zero attached hydrogens (tertiary/aromatic N) is 3. The van der Waals surface area contributed by atoms with Crippen molar-refractivity contribution in [3.8, 4) is 17.1 Å². The molecule has 4 rings (SSSR count). The SMILES string of the molecule is Cc1ccc(-c2nc(C(=O)Nc3ccc(Cl)cc3Cl)nn2-c2ccc(F)cc2)cc1. The van der Waals surface area contributed by atoms with Gasteiger partial charge in [-0.05, 0) is 49.4 Å². The Morgan fingerprint density at radius 2 is 1.70 bits per heavy atom. The van der Waals surface area contributed by atoms with Crippen LogP contribution in [0.5, 0.6) is 0 Å². The third-order valence-corrected chi connectivity index (χ3v) is 4.92. The first-order valence-electron chi connectivity index (χ1n) is 8.97. The number of aryl methyl sites for hydroxylation is 1. The molecule has 1 aromatic heterocycles. The van der Waals surface area contributed by atoms with Crippen molar-refractivity contribution in [2.24, 2.45) is 0 Å². The smallest absolute Gasteiger partial charge is 0.295 e. The summed E-state index contributed by atoms with van der Waals surface area (Å²) in [5.41, 5.74) is 2.81. The zero-order valence-corrected chi connectivity index (χ0v) is 17.2. The van der Waals surface area contributed by atoms with Crippen molar-refractivity contribution in [3.05, 3.63) is 94.0 Å². The largest absolute Gasteiger partial charge is 0.318 e. The van der Waals surface area contributed by atoms with Crippen molar-refractivity contribution in [1.29, 1.82) is 0 Å². The number of benzene rings is 3. The van der Waals surface area contributed by atoms with Crippen molar-refractivity contribution in [2.75, 3.05) is 5.32 Å². The Hall–Kier alpha value is -3.22. The molecule has 0 saturated carbocycles. The summed E-state index contributed by atoms with van der Waals surface area (Å²) in [5.74, 6) is -0.505. The van der Waals surface area contributed by atoms with Gasteiger partial charge >= 0.3 is 0 Å². The second-order valence-corrected chi connectivity index (χ2v) is 7.44. The van der Waals surface area contributed by atoms with E-state index in [4.69, 9.17) is 23.2 Å².